The molecule has 0 aromatic heterocycles. The van der Waals surface area contributed by atoms with Crippen LogP contribution in [0.5, 0.6) is 0 Å². The first kappa shape index (κ1) is 7.89. The monoisotopic (exact) mass is 104 g/mol. The molecule has 0 aliphatic heterocycles. The van der Waals surface area contributed by atoms with Crippen molar-refractivity contribution >= 4 is 22.4 Å². The minimum Gasteiger partial charge on any atom is -0.435 e. The van der Waals surface area contributed by atoms with E-state index in [0.717, 1.165) is 0 Å². The molecule has 4 heteroatoms. The maximum atomic E-state index is 5.02. The predicted molar refractivity (Wildman–Crippen MR) is 38.0 cm³/mol. The Hall–Kier alpha value is -0.105. The SMILES string of the molecule is [B][B]/C=C/[B]OCC. The van der Waals surface area contributed by atoms with Gasteiger partial charge < -0.3 is 4.65 Å². The first-order chi connectivity index (χ1) is 3.91. The van der Waals surface area contributed by atoms with Crippen molar-refractivity contribution in [3.8, 4) is 0 Å². The Kier molecular flexibility index (Phi) is 6.80. The maximum Gasteiger partial charge on any atom is 0.320 e. The van der Waals surface area contributed by atoms with Crippen molar-refractivity contribution in [2.24, 2.45) is 0 Å². The maximum absolute atomic E-state index is 5.02. The molecule has 1 nitrogen and oxygen atoms in total. The summed E-state index contributed by atoms with van der Waals surface area (Å²) in [5, 5.41) is 0. The van der Waals surface area contributed by atoms with Gasteiger partial charge in [-0.2, -0.15) is 0 Å². The highest BCUT2D eigenvalue weighted by molar-refractivity contribution is 6.92. The molecule has 0 saturated heterocycles. The van der Waals surface area contributed by atoms with E-state index >= 15 is 0 Å². The summed E-state index contributed by atoms with van der Waals surface area (Å²) in [5.74, 6) is 3.44. The fourth-order valence-electron chi connectivity index (χ4n) is 0.261. The summed E-state index contributed by atoms with van der Waals surface area (Å²) in [6.45, 7) is 2.63. The molecule has 0 heterocycles. The Morgan fingerprint density at radius 1 is 1.62 bits per heavy atom. The predicted octanol–water partition coefficient (Wildman–Crippen LogP) is -0.0990. The zero-order valence-corrected chi connectivity index (χ0v) is 5.00. The molecule has 0 aromatic rings. The standard InChI is InChI=1S/C4H7B3O/c1-2-8-7-4-3-6-5/h3-4H,2H2,1H3/b4-3+. The molecule has 0 bridgehead atoms. The third-order valence-electron chi connectivity index (χ3n) is 0.564. The van der Waals surface area contributed by atoms with Gasteiger partial charge in [0.05, 0.1) is 7.17 Å². The second-order valence-electron chi connectivity index (χ2n) is 1.17. The zero-order chi connectivity index (χ0) is 6.24. The Labute approximate surface area is 53.4 Å². The zero-order valence-electron chi connectivity index (χ0n) is 5.00. The third-order valence-corrected chi connectivity index (χ3v) is 0.564. The molecular weight excluding hydrogens is 96.5 g/mol. The van der Waals surface area contributed by atoms with E-state index in [0.29, 0.717) is 6.61 Å². The average Bonchev–Trinajstić information content (AvgIpc) is 1.81. The van der Waals surface area contributed by atoms with Gasteiger partial charge in [0.1, 0.15) is 0 Å². The molecule has 0 aliphatic carbocycles. The molecule has 0 saturated carbocycles. The molecule has 0 fully saturated rings. The molecule has 0 atom stereocenters. The molecule has 0 N–H and O–H groups in total. The van der Waals surface area contributed by atoms with E-state index in [9.17, 15) is 0 Å². The van der Waals surface area contributed by atoms with E-state index in [2.05, 4.69) is 0 Å². The van der Waals surface area contributed by atoms with Gasteiger partial charge in [-0.1, -0.05) is 0 Å². The van der Waals surface area contributed by atoms with Crippen LogP contribution in [0.4, 0.5) is 0 Å². The molecule has 0 rings (SSSR count). The van der Waals surface area contributed by atoms with Crippen molar-refractivity contribution in [2.75, 3.05) is 6.61 Å². The lowest BCUT2D eigenvalue weighted by Crippen LogP contribution is -1.94. The Bertz CT molecular complexity index is 64.3. The summed E-state index contributed by atoms with van der Waals surface area (Å²) in [7, 11) is 8.08. The summed E-state index contributed by atoms with van der Waals surface area (Å²) < 4.78 is 4.85. The van der Waals surface area contributed by atoms with E-state index in [-0.39, 0.29) is 0 Å². The van der Waals surface area contributed by atoms with Crippen molar-refractivity contribution in [1.29, 1.82) is 0 Å². The molecule has 0 spiro atoms. The normalized spacial score (nSPS) is 9.62. The number of hydrogen-bond acceptors (Lipinski definition) is 1. The van der Waals surface area contributed by atoms with Crippen LogP contribution < -0.4 is 0 Å². The van der Waals surface area contributed by atoms with E-state index < -0.39 is 0 Å². The van der Waals surface area contributed by atoms with Gasteiger partial charge in [-0.25, -0.2) is 0 Å². The Morgan fingerprint density at radius 3 is 2.88 bits per heavy atom. The fourth-order valence-corrected chi connectivity index (χ4v) is 0.261. The van der Waals surface area contributed by atoms with Crippen LogP contribution in [-0.2, 0) is 4.65 Å². The largest absolute Gasteiger partial charge is 0.435 e. The van der Waals surface area contributed by atoms with Gasteiger partial charge in [-0.05, 0) is 6.92 Å². The van der Waals surface area contributed by atoms with Crippen molar-refractivity contribution in [1.82, 2.24) is 0 Å². The van der Waals surface area contributed by atoms with Crippen LogP contribution in [0.2, 0.25) is 0 Å². The van der Waals surface area contributed by atoms with Gasteiger partial charge in [-0.3, -0.25) is 0 Å². The summed E-state index contributed by atoms with van der Waals surface area (Å²) >= 11 is 0. The Balaban J connectivity index is 2.80. The van der Waals surface area contributed by atoms with E-state index in [1.807, 2.05) is 6.92 Å². The molecule has 0 amide bonds. The quantitative estimate of drug-likeness (QED) is 0.357. The lowest BCUT2D eigenvalue weighted by atomic mass is 9.55. The van der Waals surface area contributed by atoms with E-state index in [1.54, 1.807) is 19.4 Å². The molecule has 0 unspecified atom stereocenters. The number of rotatable bonds is 4. The minimum absolute atomic E-state index is 0.703. The van der Waals surface area contributed by atoms with E-state index in [1.165, 1.54) is 7.17 Å². The van der Waals surface area contributed by atoms with Gasteiger partial charge in [0, 0.05) is 14.3 Å². The van der Waals surface area contributed by atoms with E-state index in [4.69, 9.17) is 12.4 Å². The third kappa shape index (κ3) is 5.89. The highest BCUT2D eigenvalue weighted by Crippen LogP contribution is 1.69. The number of hydrogen-bond donors (Lipinski definition) is 0. The van der Waals surface area contributed by atoms with Crippen LogP contribution in [0.15, 0.2) is 12.0 Å². The van der Waals surface area contributed by atoms with Gasteiger partial charge in [-0.15, -0.1) is 12.0 Å². The second kappa shape index (κ2) is 6.89. The smallest absolute Gasteiger partial charge is 0.320 e. The fraction of sp³-hybridized carbons (Fsp3) is 0.500. The van der Waals surface area contributed by atoms with Crippen LogP contribution in [0.1, 0.15) is 6.92 Å². The van der Waals surface area contributed by atoms with Crippen LogP contribution >= 0.6 is 0 Å². The average molecular weight is 104 g/mol. The minimum atomic E-state index is 0.703. The summed E-state index contributed by atoms with van der Waals surface area (Å²) in [6, 6.07) is 0. The highest BCUT2D eigenvalue weighted by atomic mass is 16.4. The van der Waals surface area contributed by atoms with Crippen LogP contribution in [-0.4, -0.2) is 29.0 Å². The lowest BCUT2D eigenvalue weighted by Gasteiger charge is -1.88. The molecular formula is C4H7B3O. The van der Waals surface area contributed by atoms with Crippen LogP contribution in [0.25, 0.3) is 0 Å². The first-order valence-corrected chi connectivity index (χ1v) is 2.56. The van der Waals surface area contributed by atoms with Gasteiger partial charge in [0.15, 0.2) is 0 Å². The summed E-state index contributed by atoms with van der Waals surface area (Å²) in [4.78, 5) is 0. The van der Waals surface area contributed by atoms with Crippen molar-refractivity contribution in [3.05, 3.63) is 12.0 Å². The van der Waals surface area contributed by atoms with Gasteiger partial charge >= 0.3 is 7.48 Å². The lowest BCUT2D eigenvalue weighted by molar-refractivity contribution is 0.366. The van der Waals surface area contributed by atoms with Crippen LogP contribution in [0.3, 0.4) is 0 Å². The molecule has 0 aliphatic rings. The second-order valence-corrected chi connectivity index (χ2v) is 1.17. The highest BCUT2D eigenvalue weighted by Gasteiger charge is 1.78. The summed E-state index contributed by atoms with van der Waals surface area (Å²) in [5.41, 5.74) is 0. The first-order valence-electron chi connectivity index (χ1n) is 2.56. The topological polar surface area (TPSA) is 9.23 Å². The Morgan fingerprint density at radius 2 is 2.38 bits per heavy atom. The molecule has 0 aromatic carbocycles. The van der Waals surface area contributed by atoms with Crippen molar-refractivity contribution < 1.29 is 4.65 Å². The van der Waals surface area contributed by atoms with Crippen molar-refractivity contribution in [3.63, 3.8) is 0 Å². The van der Waals surface area contributed by atoms with Crippen LogP contribution in [0, 0.1) is 0 Å². The van der Waals surface area contributed by atoms with Crippen molar-refractivity contribution in [2.45, 2.75) is 6.92 Å². The van der Waals surface area contributed by atoms with Gasteiger partial charge in [0.25, 0.3) is 0 Å². The molecule has 38 valence electrons. The molecule has 8 heavy (non-hydrogen) atoms. The summed E-state index contributed by atoms with van der Waals surface area (Å²) in [6.07, 6.45) is 0. The van der Waals surface area contributed by atoms with Gasteiger partial charge in [0.2, 0.25) is 0 Å². The molecule has 4 radical (unpaired) electrons.